The first-order valence-corrected chi connectivity index (χ1v) is 18.7. The molecule has 1 saturated heterocycles. The zero-order valence-corrected chi connectivity index (χ0v) is 31.5. The number of benzene rings is 2. The smallest absolute Gasteiger partial charge is 0.333 e. The van der Waals surface area contributed by atoms with Gasteiger partial charge in [0.1, 0.15) is 17.8 Å². The van der Waals surface area contributed by atoms with E-state index in [0.717, 1.165) is 73.2 Å². The molecule has 1 aliphatic heterocycles. The van der Waals surface area contributed by atoms with Gasteiger partial charge in [0.15, 0.2) is 17.9 Å². The summed E-state index contributed by atoms with van der Waals surface area (Å²) in [7, 11) is 0. The second kappa shape index (κ2) is 16.1. The zero-order chi connectivity index (χ0) is 35.4. The Morgan fingerprint density at radius 3 is 2.15 bits per heavy atom. The third-order valence-electron chi connectivity index (χ3n) is 8.92. The lowest BCUT2D eigenvalue weighted by molar-refractivity contribution is -0.697. The summed E-state index contributed by atoms with van der Waals surface area (Å²) in [5.74, 6) is -1.50. The second-order valence-electron chi connectivity index (χ2n) is 12.4. The molecule has 0 saturated carbocycles. The number of rotatable bonds is 12. The third kappa shape index (κ3) is 7.73. The number of halogens is 1. The van der Waals surface area contributed by atoms with E-state index >= 15 is 0 Å². The van der Waals surface area contributed by atoms with E-state index in [2.05, 4.69) is 74.9 Å². The van der Waals surface area contributed by atoms with Crippen molar-refractivity contribution in [2.75, 3.05) is 0 Å². The number of thiophene rings is 2. The predicted molar refractivity (Wildman–Crippen MR) is 198 cm³/mol. The third-order valence-corrected chi connectivity index (χ3v) is 11.0. The van der Waals surface area contributed by atoms with E-state index < -0.39 is 17.8 Å². The summed E-state index contributed by atoms with van der Waals surface area (Å²) in [5, 5.41) is 11.6. The lowest BCUT2D eigenvalue weighted by Crippen LogP contribution is -3.00. The van der Waals surface area contributed by atoms with E-state index in [9.17, 15) is 14.4 Å². The van der Waals surface area contributed by atoms with Crippen molar-refractivity contribution in [1.82, 2.24) is 20.4 Å². The van der Waals surface area contributed by atoms with Gasteiger partial charge in [-0.15, -0.1) is 27.7 Å². The largest absolute Gasteiger partial charge is 1.00 e. The van der Waals surface area contributed by atoms with E-state index in [1.807, 2.05) is 48.8 Å². The maximum atomic E-state index is 12.2. The lowest BCUT2D eigenvalue weighted by Gasteiger charge is -2.12. The molecule has 0 unspecified atom stereocenters. The number of aromatic nitrogens is 4. The van der Waals surface area contributed by atoms with Gasteiger partial charge in [0.25, 0.3) is 11.8 Å². The van der Waals surface area contributed by atoms with E-state index in [0.29, 0.717) is 22.5 Å². The average Bonchev–Trinajstić information content (AvgIpc) is 4.02. The summed E-state index contributed by atoms with van der Waals surface area (Å²) in [6.07, 6.45) is 6.59. The van der Waals surface area contributed by atoms with Gasteiger partial charge < -0.3 is 21.8 Å². The molecule has 13 heteroatoms. The van der Waals surface area contributed by atoms with Gasteiger partial charge in [0, 0.05) is 58.7 Å². The number of unbranched alkanes of at least 4 members (excludes halogenated alkanes) is 2. The summed E-state index contributed by atoms with van der Waals surface area (Å²) < 4.78 is 7.51. The number of hydrogen-bond acceptors (Lipinski definition) is 10. The zero-order valence-electron chi connectivity index (χ0n) is 28.3. The van der Waals surface area contributed by atoms with Gasteiger partial charge in [0.2, 0.25) is 0 Å². The van der Waals surface area contributed by atoms with Crippen LogP contribution in [-0.4, -0.2) is 38.1 Å². The van der Waals surface area contributed by atoms with E-state index in [1.165, 1.54) is 0 Å². The van der Waals surface area contributed by atoms with Gasteiger partial charge in [0.05, 0.1) is 10.6 Å². The molecule has 8 rings (SSSR count). The molecule has 5 aromatic heterocycles. The van der Waals surface area contributed by atoms with Crippen molar-refractivity contribution >= 4 is 51.5 Å². The Balaban J connectivity index is 0.00000435. The molecule has 2 amide bonds. The fourth-order valence-corrected chi connectivity index (χ4v) is 8.20. The van der Waals surface area contributed by atoms with Crippen molar-refractivity contribution in [1.29, 1.82) is 0 Å². The molecule has 1 fully saturated rings. The van der Waals surface area contributed by atoms with Crippen LogP contribution < -0.4 is 21.5 Å². The van der Waals surface area contributed by atoms with Crippen LogP contribution >= 0.6 is 22.7 Å². The maximum Gasteiger partial charge on any atom is 0.333 e. The SMILES string of the molecule is O=C(CCCCC[n+]1ccc(-c2nc(-c3ccc(-c4ccccc4)s3)c3nonc3c2-c2cc(-c3ccccc3)cs2)cc1)ON1C(=O)CCC1=O.[Br-]. The van der Waals surface area contributed by atoms with Gasteiger partial charge >= 0.3 is 5.97 Å². The minimum Gasteiger partial charge on any atom is -1.00 e. The van der Waals surface area contributed by atoms with E-state index in [1.54, 1.807) is 22.7 Å². The molecule has 0 N–H and O–H groups in total. The number of hydroxylamine groups is 2. The molecule has 0 atom stereocenters. The number of nitrogens with zero attached hydrogens (tertiary/aromatic N) is 5. The number of carbonyl (C=O) groups excluding carboxylic acids is 3. The fraction of sp³-hybridized carbons (Fsp3) is 0.175. The summed E-state index contributed by atoms with van der Waals surface area (Å²) in [4.78, 5) is 49.0. The number of pyridine rings is 2. The van der Waals surface area contributed by atoms with Crippen molar-refractivity contribution in [3.05, 3.63) is 109 Å². The van der Waals surface area contributed by atoms with Crippen LogP contribution in [0.15, 0.2) is 113 Å². The predicted octanol–water partition coefficient (Wildman–Crippen LogP) is 5.53. The molecule has 53 heavy (non-hydrogen) atoms. The molecule has 6 heterocycles. The Hall–Kier alpha value is -5.37. The Morgan fingerprint density at radius 2 is 1.42 bits per heavy atom. The fourth-order valence-electron chi connectivity index (χ4n) is 6.24. The molecule has 1 aliphatic rings. The van der Waals surface area contributed by atoms with Crippen molar-refractivity contribution in [3.8, 4) is 53.8 Å². The minimum atomic E-state index is -0.567. The average molecular weight is 807 g/mol. The maximum absolute atomic E-state index is 12.2. The number of aryl methyl sites for hydroxylation is 1. The number of carbonyl (C=O) groups is 3. The highest BCUT2D eigenvalue weighted by atomic mass is 79.9. The quantitative estimate of drug-likeness (QED) is 0.0899. The van der Waals surface area contributed by atoms with Crippen LogP contribution in [0.4, 0.5) is 0 Å². The first-order chi connectivity index (χ1) is 25.5. The first-order valence-electron chi connectivity index (χ1n) is 17.0. The molecule has 0 radical (unpaired) electrons. The molecule has 0 aliphatic carbocycles. The number of fused-ring (bicyclic) bond motifs is 1. The Bertz CT molecular complexity index is 2380. The highest BCUT2D eigenvalue weighted by molar-refractivity contribution is 7.18. The normalized spacial score (nSPS) is 12.7. The van der Waals surface area contributed by atoms with Crippen molar-refractivity contribution in [2.45, 2.75) is 45.1 Å². The molecule has 0 spiro atoms. The Labute approximate surface area is 323 Å². The summed E-state index contributed by atoms with van der Waals surface area (Å²) in [6, 6.07) is 31.0. The highest BCUT2D eigenvalue weighted by Crippen LogP contribution is 2.44. The Morgan fingerprint density at radius 1 is 0.736 bits per heavy atom. The van der Waals surface area contributed by atoms with Crippen LogP contribution in [0.2, 0.25) is 0 Å². The van der Waals surface area contributed by atoms with Gasteiger partial charge in [-0.05, 0) is 63.4 Å². The van der Waals surface area contributed by atoms with E-state index in [4.69, 9.17) is 14.5 Å². The number of hydrogen-bond donors (Lipinski definition) is 0. The van der Waals surface area contributed by atoms with Crippen LogP contribution in [0.25, 0.3) is 64.9 Å². The molecule has 266 valence electrons. The molecular weight excluding hydrogens is 775 g/mol. The summed E-state index contributed by atoms with van der Waals surface area (Å²) in [6.45, 7) is 0.749. The van der Waals surface area contributed by atoms with Gasteiger partial charge in [-0.25, -0.2) is 19.0 Å². The van der Waals surface area contributed by atoms with Crippen LogP contribution in [0.1, 0.15) is 38.5 Å². The van der Waals surface area contributed by atoms with Crippen LogP contribution in [0.3, 0.4) is 0 Å². The van der Waals surface area contributed by atoms with Crippen LogP contribution in [0.5, 0.6) is 0 Å². The molecule has 0 bridgehead atoms. The number of amides is 2. The Kier molecular flexibility index (Phi) is 10.9. The van der Waals surface area contributed by atoms with Crippen LogP contribution in [0, 0.1) is 0 Å². The summed E-state index contributed by atoms with van der Waals surface area (Å²) >= 11 is 3.29. The van der Waals surface area contributed by atoms with E-state index in [-0.39, 0.29) is 36.2 Å². The second-order valence-corrected chi connectivity index (χ2v) is 14.4. The minimum absolute atomic E-state index is 0. The monoisotopic (exact) mass is 805 g/mol. The topological polar surface area (TPSA) is 119 Å². The van der Waals surface area contributed by atoms with Gasteiger partial charge in [-0.1, -0.05) is 60.7 Å². The summed E-state index contributed by atoms with van der Waals surface area (Å²) in [5.41, 5.74) is 7.96. The molecule has 2 aromatic carbocycles. The van der Waals surface area contributed by atoms with Crippen molar-refractivity contribution < 1.29 is 45.4 Å². The van der Waals surface area contributed by atoms with Crippen molar-refractivity contribution in [3.63, 3.8) is 0 Å². The first kappa shape index (κ1) is 36.0. The van der Waals surface area contributed by atoms with Crippen molar-refractivity contribution in [2.24, 2.45) is 0 Å². The molecule has 7 aromatic rings. The van der Waals surface area contributed by atoms with Gasteiger partial charge in [-0.3, -0.25) is 9.59 Å². The van der Waals surface area contributed by atoms with Gasteiger partial charge in [-0.2, -0.15) is 0 Å². The standard InChI is InChI=1S/C40H32N5O5S2.BrH/c46-33-17-18-34(47)45(33)49-35(48)14-8-3-9-21-44-22-19-28(20-23-44)37-36(32-24-29(25-51-32)26-10-4-1-5-11-26)39-40(43-50-42-39)38(41-37)31-16-15-30(52-31)27-12-6-2-7-13-27;/h1-2,4-7,10-13,15-16,19-20,22-25H,3,8-9,14,17-18,21H2;1H/q+1;/p-1. The molecular formula is C40H32BrN5O5S2. The highest BCUT2D eigenvalue weighted by Gasteiger charge is 2.32. The molecule has 10 nitrogen and oxygen atoms in total. The lowest BCUT2D eigenvalue weighted by atomic mass is 10.0. The van der Waals surface area contributed by atoms with Crippen LogP contribution in [-0.2, 0) is 25.8 Å². The number of imide groups is 1.